The number of carbonyl (C=O) groups is 1. The Morgan fingerprint density at radius 1 is 1.44 bits per heavy atom. The minimum atomic E-state index is -0.0304. The van der Waals surface area contributed by atoms with Crippen molar-refractivity contribution in [1.29, 1.82) is 0 Å². The third kappa shape index (κ3) is 2.81. The summed E-state index contributed by atoms with van der Waals surface area (Å²) in [5.41, 5.74) is 1.01. The molecule has 4 nitrogen and oxygen atoms in total. The van der Waals surface area contributed by atoms with Gasteiger partial charge >= 0.3 is 0 Å². The molecule has 1 aromatic heterocycles. The van der Waals surface area contributed by atoms with Crippen LogP contribution in [0.5, 0.6) is 5.75 Å². The van der Waals surface area contributed by atoms with Gasteiger partial charge in [-0.25, -0.2) is 4.98 Å². The molecule has 4 heteroatoms. The molecular formula is C14H20N2O2. The molecule has 1 fully saturated rings. The van der Waals surface area contributed by atoms with Crippen molar-refractivity contribution in [2.45, 2.75) is 39.0 Å². The summed E-state index contributed by atoms with van der Waals surface area (Å²) >= 11 is 0. The fraction of sp³-hybridized carbons (Fsp3) is 0.571. The van der Waals surface area contributed by atoms with Crippen molar-refractivity contribution in [3.05, 3.63) is 17.8 Å². The lowest BCUT2D eigenvalue weighted by Gasteiger charge is -2.21. The molecule has 1 heterocycles. The van der Waals surface area contributed by atoms with Crippen LogP contribution in [-0.4, -0.2) is 18.0 Å². The molecule has 18 heavy (non-hydrogen) atoms. The van der Waals surface area contributed by atoms with Crippen LogP contribution in [0.2, 0.25) is 0 Å². The number of methoxy groups -OCH3 is 1. The Labute approximate surface area is 108 Å². The maximum Gasteiger partial charge on any atom is 0.228 e. The molecule has 98 valence electrons. The second kappa shape index (κ2) is 4.59. The number of amides is 1. The zero-order valence-electron chi connectivity index (χ0n) is 11.4. The maximum absolute atomic E-state index is 11.7. The highest BCUT2D eigenvalue weighted by Crippen LogP contribution is 2.33. The second-order valence-electron chi connectivity index (χ2n) is 5.78. The van der Waals surface area contributed by atoms with Gasteiger partial charge in [-0.3, -0.25) is 4.79 Å². The average molecular weight is 248 g/mol. The molecule has 1 aliphatic carbocycles. The fourth-order valence-electron chi connectivity index (χ4n) is 1.81. The summed E-state index contributed by atoms with van der Waals surface area (Å²) in [5, 5.41) is 2.83. The number of pyridine rings is 1. The quantitative estimate of drug-likeness (QED) is 0.894. The highest BCUT2D eigenvalue weighted by Gasteiger charge is 2.30. The van der Waals surface area contributed by atoms with Gasteiger partial charge in [0.25, 0.3) is 0 Å². The Morgan fingerprint density at radius 3 is 2.61 bits per heavy atom. The van der Waals surface area contributed by atoms with E-state index in [1.54, 1.807) is 19.4 Å². The van der Waals surface area contributed by atoms with Crippen molar-refractivity contribution >= 4 is 11.7 Å². The lowest BCUT2D eigenvalue weighted by Crippen LogP contribution is -2.17. The summed E-state index contributed by atoms with van der Waals surface area (Å²) in [6.45, 7) is 6.32. The van der Waals surface area contributed by atoms with E-state index in [1.807, 2.05) is 0 Å². The molecular weight excluding hydrogens is 228 g/mol. The molecule has 0 atom stereocenters. The lowest BCUT2D eigenvalue weighted by molar-refractivity contribution is -0.117. The molecule has 1 N–H and O–H groups in total. The number of nitrogens with one attached hydrogen (secondary N) is 1. The Balaban J connectivity index is 2.21. The van der Waals surface area contributed by atoms with E-state index in [4.69, 9.17) is 4.74 Å². The molecule has 0 aliphatic heterocycles. The first-order chi connectivity index (χ1) is 8.41. The molecule has 2 rings (SSSR count). The van der Waals surface area contributed by atoms with E-state index >= 15 is 0 Å². The number of ether oxygens (including phenoxy) is 1. The van der Waals surface area contributed by atoms with Crippen LogP contribution >= 0.6 is 0 Å². The van der Waals surface area contributed by atoms with E-state index in [1.165, 1.54) is 0 Å². The standard InChI is InChI=1S/C14H20N2O2/c1-14(2,3)10-8-15-12(7-11(10)18-4)16-13(17)9-5-6-9/h7-9H,5-6H2,1-4H3,(H,15,16,17). The highest BCUT2D eigenvalue weighted by atomic mass is 16.5. The van der Waals surface area contributed by atoms with Gasteiger partial charge in [0.15, 0.2) is 0 Å². The van der Waals surface area contributed by atoms with Crippen LogP contribution in [0, 0.1) is 5.92 Å². The van der Waals surface area contributed by atoms with Crippen molar-refractivity contribution in [2.75, 3.05) is 12.4 Å². The first-order valence-electron chi connectivity index (χ1n) is 6.27. The number of hydrogen-bond donors (Lipinski definition) is 1. The minimum absolute atomic E-state index is 0.0304. The number of carbonyl (C=O) groups excluding carboxylic acids is 1. The molecule has 0 aromatic carbocycles. The van der Waals surface area contributed by atoms with Crippen LogP contribution in [0.4, 0.5) is 5.82 Å². The molecule has 1 amide bonds. The third-order valence-electron chi connectivity index (χ3n) is 3.09. The van der Waals surface area contributed by atoms with Crippen LogP contribution in [0.25, 0.3) is 0 Å². The van der Waals surface area contributed by atoms with Crippen molar-refractivity contribution in [3.63, 3.8) is 0 Å². The van der Waals surface area contributed by atoms with E-state index in [9.17, 15) is 4.79 Å². The number of hydrogen-bond acceptors (Lipinski definition) is 3. The first kappa shape index (κ1) is 12.9. The molecule has 1 saturated carbocycles. The van der Waals surface area contributed by atoms with E-state index in [0.717, 1.165) is 24.2 Å². The third-order valence-corrected chi connectivity index (χ3v) is 3.09. The molecule has 0 saturated heterocycles. The first-order valence-corrected chi connectivity index (χ1v) is 6.27. The zero-order valence-corrected chi connectivity index (χ0v) is 11.4. The molecule has 0 unspecified atom stereocenters. The average Bonchev–Trinajstić information content (AvgIpc) is 3.11. The number of rotatable bonds is 3. The minimum Gasteiger partial charge on any atom is -0.496 e. The molecule has 0 bridgehead atoms. The Kier molecular flexibility index (Phi) is 3.28. The molecule has 1 aromatic rings. The largest absolute Gasteiger partial charge is 0.496 e. The number of aromatic nitrogens is 1. The highest BCUT2D eigenvalue weighted by molar-refractivity contribution is 5.93. The van der Waals surface area contributed by atoms with E-state index in [-0.39, 0.29) is 17.2 Å². The summed E-state index contributed by atoms with van der Waals surface area (Å²) in [5.74, 6) is 1.58. The zero-order chi connectivity index (χ0) is 13.3. The van der Waals surface area contributed by atoms with Gasteiger partial charge < -0.3 is 10.1 Å². The summed E-state index contributed by atoms with van der Waals surface area (Å²) in [7, 11) is 1.64. The second-order valence-corrected chi connectivity index (χ2v) is 5.78. The van der Waals surface area contributed by atoms with Crippen LogP contribution in [0.3, 0.4) is 0 Å². The van der Waals surface area contributed by atoms with Crippen LogP contribution in [0.15, 0.2) is 12.3 Å². The summed E-state index contributed by atoms with van der Waals surface area (Å²) in [4.78, 5) is 16.0. The van der Waals surface area contributed by atoms with E-state index < -0.39 is 0 Å². The van der Waals surface area contributed by atoms with Gasteiger partial charge in [-0.1, -0.05) is 20.8 Å². The monoisotopic (exact) mass is 248 g/mol. The van der Waals surface area contributed by atoms with Crippen LogP contribution < -0.4 is 10.1 Å². The van der Waals surface area contributed by atoms with Gasteiger partial charge in [-0.15, -0.1) is 0 Å². The molecule has 1 aliphatic rings. The fourth-order valence-corrected chi connectivity index (χ4v) is 1.81. The lowest BCUT2D eigenvalue weighted by atomic mass is 9.87. The van der Waals surface area contributed by atoms with Crippen molar-refractivity contribution < 1.29 is 9.53 Å². The van der Waals surface area contributed by atoms with Gasteiger partial charge in [-0.2, -0.15) is 0 Å². The van der Waals surface area contributed by atoms with Gasteiger partial charge in [0.05, 0.1) is 7.11 Å². The van der Waals surface area contributed by atoms with Gasteiger partial charge in [-0.05, 0) is 18.3 Å². The smallest absolute Gasteiger partial charge is 0.228 e. The maximum atomic E-state index is 11.7. The molecule has 0 spiro atoms. The van der Waals surface area contributed by atoms with Gasteiger partial charge in [0, 0.05) is 23.7 Å². The van der Waals surface area contributed by atoms with Gasteiger partial charge in [0.2, 0.25) is 5.91 Å². The Hall–Kier alpha value is -1.58. The Morgan fingerprint density at radius 2 is 2.11 bits per heavy atom. The SMILES string of the molecule is COc1cc(NC(=O)C2CC2)ncc1C(C)(C)C. The molecule has 0 radical (unpaired) electrons. The Bertz CT molecular complexity index is 459. The van der Waals surface area contributed by atoms with Crippen molar-refractivity contribution in [2.24, 2.45) is 5.92 Å². The summed E-state index contributed by atoms with van der Waals surface area (Å²) < 4.78 is 5.38. The summed E-state index contributed by atoms with van der Waals surface area (Å²) in [6, 6.07) is 1.79. The predicted molar refractivity (Wildman–Crippen MR) is 70.8 cm³/mol. The van der Waals surface area contributed by atoms with Crippen LogP contribution in [0.1, 0.15) is 39.2 Å². The van der Waals surface area contributed by atoms with Gasteiger partial charge in [0.1, 0.15) is 11.6 Å². The topological polar surface area (TPSA) is 51.2 Å². The van der Waals surface area contributed by atoms with Crippen LogP contribution in [-0.2, 0) is 10.2 Å². The van der Waals surface area contributed by atoms with E-state index in [0.29, 0.717) is 5.82 Å². The predicted octanol–water partition coefficient (Wildman–Crippen LogP) is 2.74. The van der Waals surface area contributed by atoms with Crippen molar-refractivity contribution in [3.8, 4) is 5.75 Å². The number of nitrogens with zero attached hydrogens (tertiary/aromatic N) is 1. The number of anilines is 1. The summed E-state index contributed by atoms with van der Waals surface area (Å²) in [6.07, 6.45) is 3.76. The normalized spacial score (nSPS) is 15.3. The van der Waals surface area contributed by atoms with E-state index in [2.05, 4.69) is 31.1 Å². The van der Waals surface area contributed by atoms with Crippen molar-refractivity contribution in [1.82, 2.24) is 4.98 Å².